The number of piperidine rings is 1. The Kier molecular flexibility index (Phi) is 3.14. The quantitative estimate of drug-likeness (QED) is 0.769. The van der Waals surface area contributed by atoms with Crippen LogP contribution in [0.2, 0.25) is 0 Å². The molecule has 0 amide bonds. The number of nitrogen functional groups attached to an aromatic ring is 1. The minimum absolute atomic E-state index is 0.167. The molecular formula is C11H17N3O2. The molecule has 3 N–H and O–H groups in total. The first-order valence-electron chi connectivity index (χ1n) is 5.43. The van der Waals surface area contributed by atoms with Crippen LogP contribution < -0.4 is 15.4 Å². The van der Waals surface area contributed by atoms with Crippen LogP contribution in [0.5, 0.6) is 5.75 Å². The molecule has 0 bridgehead atoms. The Morgan fingerprint density at radius 2 is 2.19 bits per heavy atom. The molecule has 0 aromatic carbocycles. The monoisotopic (exact) mass is 223 g/mol. The maximum atomic E-state index is 9.43. The molecule has 2 heterocycles. The number of hydrogen-bond acceptors (Lipinski definition) is 5. The summed E-state index contributed by atoms with van der Waals surface area (Å²) in [6.45, 7) is 1.69. The molecule has 16 heavy (non-hydrogen) atoms. The molecule has 1 aliphatic rings. The van der Waals surface area contributed by atoms with Gasteiger partial charge in [0, 0.05) is 19.2 Å². The van der Waals surface area contributed by atoms with Gasteiger partial charge in [-0.1, -0.05) is 0 Å². The van der Waals surface area contributed by atoms with Gasteiger partial charge in [-0.05, 0) is 12.8 Å². The summed E-state index contributed by atoms with van der Waals surface area (Å²) in [5, 5.41) is 9.43. The highest BCUT2D eigenvalue weighted by atomic mass is 16.5. The lowest BCUT2D eigenvalue weighted by atomic mass is 10.1. The number of anilines is 2. The highest BCUT2D eigenvalue weighted by Crippen LogP contribution is 2.26. The molecular weight excluding hydrogens is 206 g/mol. The van der Waals surface area contributed by atoms with Crippen LogP contribution in [-0.4, -0.2) is 36.4 Å². The van der Waals surface area contributed by atoms with E-state index in [1.54, 1.807) is 13.3 Å². The summed E-state index contributed by atoms with van der Waals surface area (Å²) < 4.78 is 5.13. The van der Waals surface area contributed by atoms with E-state index in [0.717, 1.165) is 31.6 Å². The van der Waals surface area contributed by atoms with Crippen LogP contribution in [0.15, 0.2) is 12.3 Å². The van der Waals surface area contributed by atoms with E-state index in [2.05, 4.69) is 9.88 Å². The van der Waals surface area contributed by atoms with Crippen molar-refractivity contribution < 1.29 is 9.84 Å². The van der Waals surface area contributed by atoms with E-state index in [-0.39, 0.29) is 6.10 Å². The van der Waals surface area contributed by atoms with Gasteiger partial charge in [0.25, 0.3) is 0 Å². The zero-order chi connectivity index (χ0) is 11.5. The van der Waals surface area contributed by atoms with Gasteiger partial charge in [0.2, 0.25) is 0 Å². The molecule has 1 saturated heterocycles. The molecule has 0 saturated carbocycles. The largest absolute Gasteiger partial charge is 0.493 e. The van der Waals surface area contributed by atoms with Gasteiger partial charge in [-0.3, -0.25) is 0 Å². The van der Waals surface area contributed by atoms with Gasteiger partial charge in [-0.2, -0.15) is 0 Å². The standard InChI is InChI=1S/C11H17N3O2/c1-16-10-6-8(7-13-11(10)12)14-4-2-9(15)3-5-14/h6-7,9,15H,2-5H2,1H3,(H2,12,13). The zero-order valence-corrected chi connectivity index (χ0v) is 9.39. The Bertz CT molecular complexity index is 362. The lowest BCUT2D eigenvalue weighted by Gasteiger charge is -2.31. The number of aromatic nitrogens is 1. The summed E-state index contributed by atoms with van der Waals surface area (Å²) in [4.78, 5) is 6.27. The summed E-state index contributed by atoms with van der Waals surface area (Å²) >= 11 is 0. The first-order valence-corrected chi connectivity index (χ1v) is 5.43. The van der Waals surface area contributed by atoms with Crippen molar-refractivity contribution in [3.8, 4) is 5.75 Å². The maximum Gasteiger partial charge on any atom is 0.166 e. The number of methoxy groups -OCH3 is 1. The molecule has 1 aliphatic heterocycles. The average Bonchev–Trinajstić information content (AvgIpc) is 2.31. The fraction of sp³-hybridized carbons (Fsp3) is 0.545. The van der Waals surface area contributed by atoms with Crippen LogP contribution in [0.25, 0.3) is 0 Å². The highest BCUT2D eigenvalue weighted by molar-refractivity contribution is 5.57. The van der Waals surface area contributed by atoms with Gasteiger partial charge in [-0.15, -0.1) is 0 Å². The van der Waals surface area contributed by atoms with Crippen LogP contribution in [-0.2, 0) is 0 Å². The second kappa shape index (κ2) is 4.57. The molecule has 5 heteroatoms. The lowest BCUT2D eigenvalue weighted by Crippen LogP contribution is -2.35. The summed E-state index contributed by atoms with van der Waals surface area (Å²) in [5.41, 5.74) is 6.66. The summed E-state index contributed by atoms with van der Waals surface area (Å²) in [6.07, 6.45) is 3.18. The van der Waals surface area contributed by atoms with Crippen molar-refractivity contribution in [3.05, 3.63) is 12.3 Å². The Morgan fingerprint density at radius 1 is 1.50 bits per heavy atom. The van der Waals surface area contributed by atoms with Crippen LogP contribution in [0.4, 0.5) is 11.5 Å². The molecule has 5 nitrogen and oxygen atoms in total. The van der Waals surface area contributed by atoms with Crippen LogP contribution in [0.1, 0.15) is 12.8 Å². The zero-order valence-electron chi connectivity index (χ0n) is 9.39. The third-order valence-corrected chi connectivity index (χ3v) is 2.92. The van der Waals surface area contributed by atoms with Gasteiger partial charge in [-0.25, -0.2) is 4.98 Å². The van der Waals surface area contributed by atoms with Gasteiger partial charge >= 0.3 is 0 Å². The van der Waals surface area contributed by atoms with Crippen LogP contribution in [0, 0.1) is 0 Å². The molecule has 0 unspecified atom stereocenters. The third-order valence-electron chi connectivity index (χ3n) is 2.92. The second-order valence-corrected chi connectivity index (χ2v) is 4.00. The topological polar surface area (TPSA) is 71.6 Å². The molecule has 0 atom stereocenters. The van der Waals surface area contributed by atoms with Gasteiger partial charge in [0.1, 0.15) is 0 Å². The maximum absolute atomic E-state index is 9.43. The smallest absolute Gasteiger partial charge is 0.166 e. The Hall–Kier alpha value is -1.49. The van der Waals surface area contributed by atoms with Gasteiger partial charge in [0.05, 0.1) is 25.1 Å². The molecule has 0 spiro atoms. The first-order chi connectivity index (χ1) is 7.70. The molecule has 1 aromatic heterocycles. The number of ether oxygens (including phenoxy) is 1. The van der Waals surface area contributed by atoms with E-state index in [4.69, 9.17) is 10.5 Å². The molecule has 1 aromatic rings. The van der Waals surface area contributed by atoms with Crippen molar-refractivity contribution in [1.29, 1.82) is 0 Å². The van der Waals surface area contributed by atoms with Crippen LogP contribution in [0.3, 0.4) is 0 Å². The highest BCUT2D eigenvalue weighted by Gasteiger charge is 2.18. The number of rotatable bonds is 2. The Morgan fingerprint density at radius 3 is 2.81 bits per heavy atom. The first kappa shape index (κ1) is 11.0. The molecule has 0 radical (unpaired) electrons. The molecule has 0 aliphatic carbocycles. The van der Waals surface area contributed by atoms with E-state index in [0.29, 0.717) is 11.6 Å². The van der Waals surface area contributed by atoms with Gasteiger partial charge in [0.15, 0.2) is 11.6 Å². The van der Waals surface area contributed by atoms with Crippen molar-refractivity contribution in [2.24, 2.45) is 0 Å². The number of hydrogen-bond donors (Lipinski definition) is 2. The summed E-state index contributed by atoms with van der Waals surface area (Å²) in [6, 6.07) is 1.89. The van der Waals surface area contributed by atoms with E-state index in [1.165, 1.54) is 0 Å². The number of nitrogens with zero attached hydrogens (tertiary/aromatic N) is 2. The van der Waals surface area contributed by atoms with Gasteiger partial charge < -0.3 is 20.5 Å². The lowest BCUT2D eigenvalue weighted by molar-refractivity contribution is 0.145. The third kappa shape index (κ3) is 2.19. The van der Waals surface area contributed by atoms with Crippen molar-refractivity contribution in [2.75, 3.05) is 30.8 Å². The van der Waals surface area contributed by atoms with Crippen molar-refractivity contribution in [1.82, 2.24) is 4.98 Å². The summed E-state index contributed by atoms with van der Waals surface area (Å²) in [7, 11) is 1.58. The number of pyridine rings is 1. The average molecular weight is 223 g/mol. The number of aliphatic hydroxyl groups excluding tert-OH is 1. The predicted octanol–water partition coefficient (Wildman–Crippen LogP) is 0.634. The fourth-order valence-corrected chi connectivity index (χ4v) is 1.91. The Balaban J connectivity index is 2.14. The number of aliphatic hydroxyl groups is 1. The fourth-order valence-electron chi connectivity index (χ4n) is 1.91. The molecule has 88 valence electrons. The molecule has 2 rings (SSSR count). The minimum atomic E-state index is -0.167. The minimum Gasteiger partial charge on any atom is -0.493 e. The van der Waals surface area contributed by atoms with E-state index in [1.807, 2.05) is 6.07 Å². The van der Waals surface area contributed by atoms with E-state index in [9.17, 15) is 5.11 Å². The van der Waals surface area contributed by atoms with Crippen LogP contribution >= 0.6 is 0 Å². The van der Waals surface area contributed by atoms with E-state index >= 15 is 0 Å². The second-order valence-electron chi connectivity index (χ2n) is 4.00. The molecule has 1 fully saturated rings. The Labute approximate surface area is 94.8 Å². The predicted molar refractivity (Wildman–Crippen MR) is 62.7 cm³/mol. The van der Waals surface area contributed by atoms with E-state index < -0.39 is 0 Å². The summed E-state index contributed by atoms with van der Waals surface area (Å²) in [5.74, 6) is 1.01. The van der Waals surface area contributed by atoms with Crippen molar-refractivity contribution in [3.63, 3.8) is 0 Å². The van der Waals surface area contributed by atoms with Crippen molar-refractivity contribution in [2.45, 2.75) is 18.9 Å². The SMILES string of the molecule is COc1cc(N2CCC(O)CC2)cnc1N. The normalized spacial score (nSPS) is 17.5. The number of nitrogens with two attached hydrogens (primary N) is 1. The van der Waals surface area contributed by atoms with Crippen molar-refractivity contribution >= 4 is 11.5 Å².